The highest BCUT2D eigenvalue weighted by Crippen LogP contribution is 2.56. The quantitative estimate of drug-likeness (QED) is 0.239. The number of halogens is 6. The minimum absolute atomic E-state index is 0.0228. The molecule has 2 aromatic rings. The number of anilines is 2. The van der Waals surface area contributed by atoms with Crippen molar-refractivity contribution in [3.8, 4) is 0 Å². The summed E-state index contributed by atoms with van der Waals surface area (Å²) in [6, 6.07) is 6.83. The fourth-order valence-electron chi connectivity index (χ4n) is 3.69. The minimum atomic E-state index is -5.73. The molecule has 2 aromatic carbocycles. The van der Waals surface area contributed by atoms with Crippen molar-refractivity contribution in [2.45, 2.75) is 23.8 Å². The van der Waals surface area contributed by atoms with Gasteiger partial charge in [0.25, 0.3) is 0 Å². The molecule has 0 fully saturated rings. The molecule has 6 nitrogen and oxygen atoms in total. The van der Waals surface area contributed by atoms with Crippen LogP contribution in [0.5, 0.6) is 0 Å². The van der Waals surface area contributed by atoms with Crippen LogP contribution < -0.4 is 10.6 Å². The Morgan fingerprint density at radius 1 is 0.944 bits per heavy atom. The predicted molar refractivity (Wildman–Crippen MR) is 119 cm³/mol. The van der Waals surface area contributed by atoms with Crippen molar-refractivity contribution in [2.75, 3.05) is 30.5 Å². The molecule has 0 aromatic heterocycles. The summed E-state index contributed by atoms with van der Waals surface area (Å²) in [4.78, 5) is 11.8. The Morgan fingerprint density at radius 2 is 1.50 bits per heavy atom. The molecule has 1 atom stereocenters. The highest BCUT2D eigenvalue weighted by molar-refractivity contribution is 5.84. The number of carbonyl (C=O) groups is 1. The number of ether oxygens (including phenoxy) is 3. The van der Waals surface area contributed by atoms with Gasteiger partial charge in [0.15, 0.2) is 0 Å². The van der Waals surface area contributed by atoms with E-state index in [-0.39, 0.29) is 31.5 Å². The van der Waals surface area contributed by atoms with Gasteiger partial charge in [-0.2, -0.15) is 26.3 Å². The lowest BCUT2D eigenvalue weighted by Gasteiger charge is -2.38. The largest absolute Gasteiger partial charge is 0.499 e. The van der Waals surface area contributed by atoms with Gasteiger partial charge in [0.2, 0.25) is 5.41 Å². The van der Waals surface area contributed by atoms with E-state index >= 15 is 0 Å². The summed E-state index contributed by atoms with van der Waals surface area (Å²) in [7, 11) is 0. The summed E-state index contributed by atoms with van der Waals surface area (Å²) < 4.78 is 100. The Morgan fingerprint density at radius 3 is 1.97 bits per heavy atom. The number of rotatable bonds is 9. The molecular formula is C24H22F6N2O4. The van der Waals surface area contributed by atoms with Crippen LogP contribution in [0, 0.1) is 0 Å². The number of nitrogens with one attached hydrogen (secondary N) is 2. The summed E-state index contributed by atoms with van der Waals surface area (Å²) in [6.45, 7) is 3.47. The summed E-state index contributed by atoms with van der Waals surface area (Å²) >= 11 is 0. The Bertz CT molecular complexity index is 1050. The van der Waals surface area contributed by atoms with Crippen LogP contribution in [0.4, 0.5) is 42.5 Å². The SMILES string of the molecule is C=COCCOC(=O)Nc1ccc(C(c2ccc(NC3C=COC3)cc2)(C(F)(F)F)C(F)(F)F)cc1. The fourth-order valence-corrected chi connectivity index (χ4v) is 3.69. The van der Waals surface area contributed by atoms with Gasteiger partial charge in [-0.15, -0.1) is 0 Å². The number of alkyl halides is 6. The van der Waals surface area contributed by atoms with Crippen LogP contribution in [0.15, 0.2) is 73.7 Å². The predicted octanol–water partition coefficient (Wildman–Crippen LogP) is 6.13. The first-order chi connectivity index (χ1) is 17.0. The maximum atomic E-state index is 14.3. The molecule has 1 heterocycles. The first kappa shape index (κ1) is 26.8. The van der Waals surface area contributed by atoms with E-state index in [0.717, 1.165) is 42.7 Å². The smallest absolute Gasteiger partial charge is 0.411 e. The van der Waals surface area contributed by atoms with E-state index in [1.165, 1.54) is 6.26 Å². The second-order valence-corrected chi connectivity index (χ2v) is 7.61. The Hall–Kier alpha value is -3.83. The lowest BCUT2D eigenvalue weighted by atomic mass is 9.73. The van der Waals surface area contributed by atoms with Gasteiger partial charge in [0.1, 0.15) is 19.8 Å². The van der Waals surface area contributed by atoms with E-state index in [1.54, 1.807) is 6.08 Å². The summed E-state index contributed by atoms with van der Waals surface area (Å²) in [6.07, 6.45) is -8.18. The topological polar surface area (TPSA) is 68.8 Å². The first-order valence-corrected chi connectivity index (χ1v) is 10.5. The molecule has 0 saturated heterocycles. The molecule has 36 heavy (non-hydrogen) atoms. The number of hydrogen-bond acceptors (Lipinski definition) is 5. The van der Waals surface area contributed by atoms with Gasteiger partial charge in [0.05, 0.1) is 18.6 Å². The Balaban J connectivity index is 1.90. The van der Waals surface area contributed by atoms with E-state index < -0.39 is 35.0 Å². The van der Waals surface area contributed by atoms with E-state index in [1.807, 2.05) is 0 Å². The molecule has 12 heteroatoms. The number of benzene rings is 2. The van der Waals surface area contributed by atoms with Crippen molar-refractivity contribution in [3.63, 3.8) is 0 Å². The molecule has 2 N–H and O–H groups in total. The second-order valence-electron chi connectivity index (χ2n) is 7.61. The van der Waals surface area contributed by atoms with E-state index in [0.29, 0.717) is 17.8 Å². The summed E-state index contributed by atoms with van der Waals surface area (Å²) in [5, 5.41) is 5.17. The van der Waals surface area contributed by atoms with Gasteiger partial charge < -0.3 is 19.5 Å². The monoisotopic (exact) mass is 516 g/mol. The van der Waals surface area contributed by atoms with Crippen molar-refractivity contribution >= 4 is 17.5 Å². The molecule has 3 rings (SSSR count). The molecule has 0 bridgehead atoms. The third-order valence-electron chi connectivity index (χ3n) is 5.32. The van der Waals surface area contributed by atoms with Crippen molar-refractivity contribution in [2.24, 2.45) is 0 Å². The van der Waals surface area contributed by atoms with Crippen molar-refractivity contribution in [1.29, 1.82) is 0 Å². The molecule has 0 aliphatic carbocycles. The van der Waals surface area contributed by atoms with Gasteiger partial charge in [-0.05, 0) is 41.5 Å². The third kappa shape index (κ3) is 5.69. The molecule has 0 radical (unpaired) electrons. The van der Waals surface area contributed by atoms with Gasteiger partial charge >= 0.3 is 18.4 Å². The summed E-state index contributed by atoms with van der Waals surface area (Å²) in [5.41, 5.74) is -6.11. The van der Waals surface area contributed by atoms with Crippen LogP contribution in [-0.4, -0.2) is 44.3 Å². The Labute approximate surface area is 202 Å². The molecule has 1 unspecified atom stereocenters. The number of hydrogen-bond donors (Lipinski definition) is 2. The normalized spacial score (nSPS) is 15.7. The van der Waals surface area contributed by atoms with Gasteiger partial charge in [-0.1, -0.05) is 30.8 Å². The van der Waals surface area contributed by atoms with Crippen molar-refractivity contribution < 1.29 is 45.3 Å². The number of amides is 1. The van der Waals surface area contributed by atoms with Crippen LogP contribution in [0.1, 0.15) is 11.1 Å². The van der Waals surface area contributed by atoms with E-state index in [2.05, 4.69) is 17.2 Å². The molecule has 0 saturated carbocycles. The van der Waals surface area contributed by atoms with Crippen LogP contribution >= 0.6 is 0 Å². The van der Waals surface area contributed by atoms with E-state index in [9.17, 15) is 31.1 Å². The van der Waals surface area contributed by atoms with E-state index in [4.69, 9.17) is 14.2 Å². The van der Waals surface area contributed by atoms with Crippen LogP contribution in [0.25, 0.3) is 0 Å². The maximum Gasteiger partial charge on any atom is 0.411 e. The van der Waals surface area contributed by atoms with Gasteiger partial charge in [0, 0.05) is 11.4 Å². The Kier molecular flexibility index (Phi) is 8.06. The van der Waals surface area contributed by atoms with Gasteiger partial charge in [-0.3, -0.25) is 5.32 Å². The van der Waals surface area contributed by atoms with Crippen LogP contribution in [0.3, 0.4) is 0 Å². The lowest BCUT2D eigenvalue weighted by Crippen LogP contribution is -2.54. The third-order valence-corrected chi connectivity index (χ3v) is 5.32. The minimum Gasteiger partial charge on any atom is -0.499 e. The average molecular weight is 516 g/mol. The maximum absolute atomic E-state index is 14.3. The molecule has 1 amide bonds. The fraction of sp³-hybridized carbons (Fsp3) is 0.292. The molecule has 1 aliphatic heterocycles. The molecule has 0 spiro atoms. The van der Waals surface area contributed by atoms with Crippen molar-refractivity contribution in [1.82, 2.24) is 0 Å². The highest BCUT2D eigenvalue weighted by Gasteiger charge is 2.72. The van der Waals surface area contributed by atoms with Crippen molar-refractivity contribution in [3.05, 3.63) is 84.8 Å². The zero-order chi connectivity index (χ0) is 26.4. The first-order valence-electron chi connectivity index (χ1n) is 10.5. The lowest BCUT2D eigenvalue weighted by molar-refractivity contribution is -0.288. The second kappa shape index (κ2) is 10.8. The number of carbonyl (C=O) groups excluding carboxylic acids is 1. The highest BCUT2D eigenvalue weighted by atomic mass is 19.4. The molecule has 194 valence electrons. The van der Waals surface area contributed by atoms with Gasteiger partial charge in [-0.25, -0.2) is 4.79 Å². The average Bonchev–Trinajstić information content (AvgIpc) is 3.31. The zero-order valence-electron chi connectivity index (χ0n) is 18.7. The standard InChI is InChI=1S/C24H22F6N2O4/c1-2-34-13-14-36-21(33)32-19-9-5-17(6-10-19)22(23(25,26)27,24(28,29)30)16-3-7-18(8-4-16)31-20-11-12-35-15-20/h2-12,20,31H,1,13-15H2,(H,32,33). The molecule has 1 aliphatic rings. The molecular weight excluding hydrogens is 494 g/mol. The zero-order valence-corrected chi connectivity index (χ0v) is 18.7. The van der Waals surface area contributed by atoms with Crippen LogP contribution in [0.2, 0.25) is 0 Å². The summed E-state index contributed by atoms with van der Waals surface area (Å²) in [5.74, 6) is 0. The van der Waals surface area contributed by atoms with Crippen LogP contribution in [-0.2, 0) is 19.6 Å².